The summed E-state index contributed by atoms with van der Waals surface area (Å²) in [6, 6.07) is 15.6. The summed E-state index contributed by atoms with van der Waals surface area (Å²) in [5, 5.41) is 0.652. The van der Waals surface area contributed by atoms with Crippen LogP contribution in [0.4, 0.5) is 4.39 Å². The largest absolute Gasteiger partial charge is 0.464 e. The van der Waals surface area contributed by atoms with Crippen molar-refractivity contribution in [2.75, 3.05) is 7.11 Å². The van der Waals surface area contributed by atoms with E-state index in [-0.39, 0.29) is 11.5 Å². The number of hydrogen-bond donors (Lipinski definition) is 0. The first kappa shape index (κ1) is 14.4. The molecular formula is C17H12FNO2S. The number of benzene rings is 2. The summed E-state index contributed by atoms with van der Waals surface area (Å²) in [6.45, 7) is 0. The fraction of sp³-hybridized carbons (Fsp3) is 0.0588. The van der Waals surface area contributed by atoms with Crippen molar-refractivity contribution in [2.45, 2.75) is 0 Å². The van der Waals surface area contributed by atoms with E-state index in [0.29, 0.717) is 5.01 Å². The number of carbonyl (C=O) groups is 1. The van der Waals surface area contributed by atoms with Crippen LogP contribution in [-0.2, 0) is 4.74 Å². The summed E-state index contributed by atoms with van der Waals surface area (Å²) >= 11 is 1.38. The fourth-order valence-electron chi connectivity index (χ4n) is 2.06. The lowest BCUT2D eigenvalue weighted by Gasteiger charge is -1.99. The number of thiazole rings is 1. The SMILES string of the molecule is COC(=O)c1nc(-c2ccc(F)cc2)sc1-c1ccccc1. The van der Waals surface area contributed by atoms with E-state index in [2.05, 4.69) is 4.98 Å². The quantitative estimate of drug-likeness (QED) is 0.673. The minimum absolute atomic E-state index is 0.276. The average molecular weight is 313 g/mol. The second-order valence-corrected chi connectivity index (χ2v) is 5.56. The van der Waals surface area contributed by atoms with Crippen LogP contribution >= 0.6 is 11.3 Å². The number of esters is 1. The first-order chi connectivity index (χ1) is 10.7. The van der Waals surface area contributed by atoms with Gasteiger partial charge >= 0.3 is 5.97 Å². The molecule has 0 unspecified atom stereocenters. The van der Waals surface area contributed by atoms with Crippen molar-refractivity contribution in [2.24, 2.45) is 0 Å². The molecule has 0 atom stereocenters. The van der Waals surface area contributed by atoms with Crippen LogP contribution in [0.1, 0.15) is 10.5 Å². The second kappa shape index (κ2) is 6.07. The first-order valence-electron chi connectivity index (χ1n) is 6.59. The monoisotopic (exact) mass is 313 g/mol. The van der Waals surface area contributed by atoms with Gasteiger partial charge in [0.25, 0.3) is 0 Å². The van der Waals surface area contributed by atoms with Crippen LogP contribution in [0.2, 0.25) is 0 Å². The lowest BCUT2D eigenvalue weighted by molar-refractivity contribution is 0.0596. The molecule has 0 radical (unpaired) electrons. The number of halogens is 1. The molecule has 0 bridgehead atoms. The number of rotatable bonds is 3. The molecule has 0 fully saturated rings. The second-order valence-electron chi connectivity index (χ2n) is 4.56. The van der Waals surface area contributed by atoms with Crippen molar-refractivity contribution >= 4 is 17.3 Å². The Bertz CT molecular complexity index is 797. The van der Waals surface area contributed by atoms with Gasteiger partial charge in [0.2, 0.25) is 0 Å². The number of hydrogen-bond acceptors (Lipinski definition) is 4. The molecule has 3 aromatic rings. The van der Waals surface area contributed by atoms with Gasteiger partial charge in [-0.2, -0.15) is 0 Å². The highest BCUT2D eigenvalue weighted by Gasteiger charge is 2.20. The smallest absolute Gasteiger partial charge is 0.358 e. The van der Waals surface area contributed by atoms with E-state index in [1.807, 2.05) is 30.3 Å². The van der Waals surface area contributed by atoms with E-state index >= 15 is 0 Å². The molecule has 110 valence electrons. The molecule has 1 heterocycles. The predicted molar refractivity (Wildman–Crippen MR) is 84.3 cm³/mol. The van der Waals surface area contributed by atoms with Crippen molar-refractivity contribution in [1.82, 2.24) is 4.98 Å². The fourth-order valence-corrected chi connectivity index (χ4v) is 3.12. The van der Waals surface area contributed by atoms with Crippen molar-refractivity contribution in [3.05, 3.63) is 66.1 Å². The molecule has 0 N–H and O–H groups in total. The van der Waals surface area contributed by atoms with Crippen LogP contribution in [0.15, 0.2) is 54.6 Å². The molecule has 0 saturated heterocycles. The summed E-state index contributed by atoms with van der Waals surface area (Å²) in [6.07, 6.45) is 0. The average Bonchev–Trinajstić information content (AvgIpc) is 3.01. The summed E-state index contributed by atoms with van der Waals surface area (Å²) in [4.78, 5) is 17.1. The zero-order chi connectivity index (χ0) is 15.5. The Kier molecular flexibility index (Phi) is 3.98. The maximum atomic E-state index is 13.0. The van der Waals surface area contributed by atoms with Crippen LogP contribution in [0.5, 0.6) is 0 Å². The Labute approximate surface area is 131 Å². The van der Waals surface area contributed by atoms with Gasteiger partial charge in [0, 0.05) is 5.56 Å². The van der Waals surface area contributed by atoms with Gasteiger partial charge < -0.3 is 4.74 Å². The van der Waals surface area contributed by atoms with Crippen molar-refractivity contribution in [3.8, 4) is 21.0 Å². The molecule has 3 rings (SSSR count). The minimum atomic E-state index is -0.483. The van der Waals surface area contributed by atoms with Crippen LogP contribution in [-0.4, -0.2) is 18.1 Å². The number of aromatic nitrogens is 1. The molecule has 0 saturated carbocycles. The van der Waals surface area contributed by atoms with Gasteiger partial charge in [0.1, 0.15) is 10.8 Å². The number of nitrogens with zero attached hydrogens (tertiary/aromatic N) is 1. The third-order valence-corrected chi connectivity index (χ3v) is 4.29. The minimum Gasteiger partial charge on any atom is -0.464 e. The van der Waals surface area contributed by atoms with Crippen molar-refractivity contribution in [1.29, 1.82) is 0 Å². The van der Waals surface area contributed by atoms with Crippen LogP contribution in [0, 0.1) is 5.82 Å². The summed E-state index contributed by atoms with van der Waals surface area (Å²) < 4.78 is 17.9. The lowest BCUT2D eigenvalue weighted by Crippen LogP contribution is -2.03. The van der Waals surface area contributed by atoms with Gasteiger partial charge in [-0.3, -0.25) is 0 Å². The van der Waals surface area contributed by atoms with Crippen molar-refractivity contribution < 1.29 is 13.9 Å². The van der Waals surface area contributed by atoms with E-state index in [0.717, 1.165) is 16.0 Å². The van der Waals surface area contributed by atoms with E-state index in [1.165, 1.54) is 30.6 Å². The summed E-state index contributed by atoms with van der Waals surface area (Å²) in [5.41, 5.74) is 1.94. The maximum Gasteiger partial charge on any atom is 0.358 e. The summed E-state index contributed by atoms with van der Waals surface area (Å²) in [7, 11) is 1.33. The zero-order valence-electron chi connectivity index (χ0n) is 11.7. The van der Waals surface area contributed by atoms with Gasteiger partial charge in [-0.25, -0.2) is 14.2 Å². The van der Waals surface area contributed by atoms with Crippen LogP contribution < -0.4 is 0 Å². The molecule has 5 heteroatoms. The highest BCUT2D eigenvalue weighted by molar-refractivity contribution is 7.18. The molecule has 0 spiro atoms. The van der Waals surface area contributed by atoms with Gasteiger partial charge in [0.15, 0.2) is 5.69 Å². The van der Waals surface area contributed by atoms with Gasteiger partial charge in [0.05, 0.1) is 12.0 Å². The molecular weight excluding hydrogens is 301 g/mol. The Hall–Kier alpha value is -2.53. The van der Waals surface area contributed by atoms with E-state index in [1.54, 1.807) is 12.1 Å². The van der Waals surface area contributed by atoms with Gasteiger partial charge in [-0.1, -0.05) is 30.3 Å². The number of methoxy groups -OCH3 is 1. The third-order valence-electron chi connectivity index (χ3n) is 3.13. The molecule has 22 heavy (non-hydrogen) atoms. The third kappa shape index (κ3) is 2.76. The Morgan fingerprint density at radius 2 is 1.73 bits per heavy atom. The highest BCUT2D eigenvalue weighted by atomic mass is 32.1. The molecule has 0 aliphatic rings. The Balaban J connectivity index is 2.13. The van der Waals surface area contributed by atoms with E-state index < -0.39 is 5.97 Å². The predicted octanol–water partition coefficient (Wildman–Crippen LogP) is 4.40. The van der Waals surface area contributed by atoms with Crippen LogP contribution in [0.25, 0.3) is 21.0 Å². The normalized spacial score (nSPS) is 10.5. The summed E-state index contributed by atoms with van der Waals surface area (Å²) in [5.74, 6) is -0.791. The highest BCUT2D eigenvalue weighted by Crippen LogP contribution is 2.35. The topological polar surface area (TPSA) is 39.2 Å². The maximum absolute atomic E-state index is 13.0. The standard InChI is InChI=1S/C17H12FNO2S/c1-21-17(20)14-15(11-5-3-2-4-6-11)22-16(19-14)12-7-9-13(18)10-8-12/h2-10H,1H3. The molecule has 1 aromatic heterocycles. The zero-order valence-corrected chi connectivity index (χ0v) is 12.6. The molecule has 3 nitrogen and oxygen atoms in total. The molecule has 2 aromatic carbocycles. The van der Waals surface area contributed by atoms with E-state index in [4.69, 9.17) is 4.74 Å². The Morgan fingerprint density at radius 1 is 1.05 bits per heavy atom. The number of carbonyl (C=O) groups excluding carboxylic acids is 1. The Morgan fingerprint density at radius 3 is 2.36 bits per heavy atom. The lowest BCUT2D eigenvalue weighted by atomic mass is 10.1. The number of ether oxygens (including phenoxy) is 1. The molecule has 0 aliphatic heterocycles. The van der Waals surface area contributed by atoms with Crippen LogP contribution in [0.3, 0.4) is 0 Å². The van der Waals surface area contributed by atoms with Gasteiger partial charge in [-0.15, -0.1) is 11.3 Å². The molecule has 0 amide bonds. The van der Waals surface area contributed by atoms with Crippen molar-refractivity contribution in [3.63, 3.8) is 0 Å². The molecule has 0 aliphatic carbocycles. The first-order valence-corrected chi connectivity index (χ1v) is 7.41. The van der Waals surface area contributed by atoms with E-state index in [9.17, 15) is 9.18 Å². The van der Waals surface area contributed by atoms with Gasteiger partial charge in [-0.05, 0) is 29.8 Å².